The molecule has 4 rings (SSSR count). The monoisotopic (exact) mass is 503 g/mol. The lowest BCUT2D eigenvalue weighted by molar-refractivity contribution is -0.113. The molecule has 0 fully saturated rings. The summed E-state index contributed by atoms with van der Waals surface area (Å²) in [4.78, 5) is 33.1. The number of amides is 1. The second kappa shape index (κ2) is 9.67. The number of nitrogens with zero attached hydrogens (tertiary/aromatic N) is 1. The van der Waals surface area contributed by atoms with Crippen molar-refractivity contribution in [3.8, 4) is 11.1 Å². The first-order chi connectivity index (χ1) is 15.3. The lowest BCUT2D eigenvalue weighted by Gasteiger charge is -2.08. The van der Waals surface area contributed by atoms with Gasteiger partial charge in [-0.3, -0.25) is 9.59 Å². The number of anilines is 1. The van der Waals surface area contributed by atoms with Crippen LogP contribution in [-0.2, 0) is 4.79 Å². The third kappa shape index (κ3) is 5.02. The quantitative estimate of drug-likeness (QED) is 0.223. The molecular weight excluding hydrogens is 485 g/mol. The van der Waals surface area contributed by atoms with Gasteiger partial charge in [0.1, 0.15) is 4.83 Å². The number of carbonyl (C=O) groups is 1. The summed E-state index contributed by atoms with van der Waals surface area (Å²) in [6, 6.07) is 13.1. The lowest BCUT2D eigenvalue weighted by Crippen LogP contribution is -2.15. The van der Waals surface area contributed by atoms with Crippen LogP contribution < -0.4 is 10.9 Å². The Morgan fingerprint density at radius 2 is 1.94 bits per heavy atom. The summed E-state index contributed by atoms with van der Waals surface area (Å²) < 4.78 is 0. The van der Waals surface area contributed by atoms with Crippen molar-refractivity contribution in [1.29, 1.82) is 0 Å². The summed E-state index contributed by atoms with van der Waals surface area (Å²) in [5.41, 5.74) is 3.30. The third-order valence-electron chi connectivity index (χ3n) is 4.85. The molecule has 0 aliphatic heterocycles. The van der Waals surface area contributed by atoms with Gasteiger partial charge in [0.15, 0.2) is 5.16 Å². The molecule has 4 aromatic rings. The third-order valence-corrected chi connectivity index (χ3v) is 7.16. The minimum absolute atomic E-state index is 0.0617. The SMILES string of the molecule is CC(C)c1ccc(-c2csc3nc(SCC(=O)Nc4cc(Cl)ccc4Cl)[nH]c(=O)c23)cc1. The second-order valence-electron chi connectivity index (χ2n) is 7.44. The van der Waals surface area contributed by atoms with Crippen LogP contribution in [0.25, 0.3) is 21.3 Å². The van der Waals surface area contributed by atoms with Crippen LogP contribution in [0, 0.1) is 0 Å². The van der Waals surface area contributed by atoms with E-state index in [1.165, 1.54) is 16.9 Å². The van der Waals surface area contributed by atoms with E-state index in [1.807, 2.05) is 17.5 Å². The molecule has 0 aliphatic rings. The average Bonchev–Trinajstić information content (AvgIpc) is 3.19. The van der Waals surface area contributed by atoms with Crippen LogP contribution in [0.5, 0.6) is 0 Å². The Hall–Kier alpha value is -2.32. The van der Waals surface area contributed by atoms with Crippen LogP contribution in [0.2, 0.25) is 10.0 Å². The highest BCUT2D eigenvalue weighted by molar-refractivity contribution is 7.99. The van der Waals surface area contributed by atoms with Crippen LogP contribution in [0.4, 0.5) is 5.69 Å². The van der Waals surface area contributed by atoms with Gasteiger partial charge in [0.25, 0.3) is 5.56 Å². The zero-order valence-electron chi connectivity index (χ0n) is 17.2. The first kappa shape index (κ1) is 22.9. The maximum Gasteiger partial charge on any atom is 0.260 e. The van der Waals surface area contributed by atoms with Gasteiger partial charge in [-0.05, 0) is 35.2 Å². The van der Waals surface area contributed by atoms with Crippen LogP contribution in [0.3, 0.4) is 0 Å². The lowest BCUT2D eigenvalue weighted by atomic mass is 9.99. The number of thioether (sulfide) groups is 1. The number of halogens is 2. The summed E-state index contributed by atoms with van der Waals surface area (Å²) in [7, 11) is 0. The van der Waals surface area contributed by atoms with Gasteiger partial charge < -0.3 is 10.3 Å². The van der Waals surface area contributed by atoms with Crippen LogP contribution >= 0.6 is 46.3 Å². The Labute approximate surface area is 203 Å². The molecule has 9 heteroatoms. The van der Waals surface area contributed by atoms with E-state index in [9.17, 15) is 9.59 Å². The molecule has 0 saturated carbocycles. The molecule has 0 atom stereocenters. The van der Waals surface area contributed by atoms with Crippen molar-refractivity contribution in [2.45, 2.75) is 24.9 Å². The highest BCUT2D eigenvalue weighted by Gasteiger charge is 2.15. The number of benzene rings is 2. The number of hydrogen-bond acceptors (Lipinski definition) is 5. The van der Waals surface area contributed by atoms with Crippen molar-refractivity contribution in [3.05, 3.63) is 73.8 Å². The largest absolute Gasteiger partial charge is 0.324 e. The number of aromatic amines is 1. The minimum Gasteiger partial charge on any atom is -0.324 e. The van der Waals surface area contributed by atoms with E-state index < -0.39 is 0 Å². The van der Waals surface area contributed by atoms with Crippen LogP contribution in [-0.4, -0.2) is 21.6 Å². The van der Waals surface area contributed by atoms with Gasteiger partial charge >= 0.3 is 0 Å². The smallest absolute Gasteiger partial charge is 0.260 e. The molecule has 0 bridgehead atoms. The molecule has 0 spiro atoms. The van der Waals surface area contributed by atoms with E-state index >= 15 is 0 Å². The molecule has 2 N–H and O–H groups in total. The molecule has 0 saturated heterocycles. The van der Waals surface area contributed by atoms with Gasteiger partial charge in [0.05, 0.1) is 21.8 Å². The zero-order valence-corrected chi connectivity index (χ0v) is 20.4. The summed E-state index contributed by atoms with van der Waals surface area (Å²) in [5, 5.41) is 6.48. The van der Waals surface area contributed by atoms with Crippen molar-refractivity contribution in [3.63, 3.8) is 0 Å². The Kier molecular flexibility index (Phi) is 6.90. The van der Waals surface area contributed by atoms with Crippen molar-refractivity contribution < 1.29 is 4.79 Å². The fourth-order valence-electron chi connectivity index (χ4n) is 3.17. The number of rotatable bonds is 6. The molecule has 2 aromatic carbocycles. The van der Waals surface area contributed by atoms with Gasteiger partial charge in [0.2, 0.25) is 5.91 Å². The maximum absolute atomic E-state index is 12.8. The number of nitrogens with one attached hydrogen (secondary N) is 2. The van der Waals surface area contributed by atoms with E-state index in [0.29, 0.717) is 37.0 Å². The number of fused-ring (bicyclic) bond motifs is 1. The highest BCUT2D eigenvalue weighted by atomic mass is 35.5. The molecule has 1 amide bonds. The molecular formula is C23H19Cl2N3O2S2. The van der Waals surface area contributed by atoms with Gasteiger partial charge in [-0.15, -0.1) is 11.3 Å². The number of hydrogen-bond donors (Lipinski definition) is 2. The Bertz CT molecular complexity index is 1350. The van der Waals surface area contributed by atoms with E-state index in [4.69, 9.17) is 23.2 Å². The Morgan fingerprint density at radius 3 is 2.66 bits per heavy atom. The Balaban J connectivity index is 1.51. The number of H-pyrrole nitrogens is 1. The Morgan fingerprint density at radius 1 is 1.19 bits per heavy atom. The van der Waals surface area contributed by atoms with E-state index in [2.05, 4.69) is 41.3 Å². The molecule has 164 valence electrons. The normalized spacial score (nSPS) is 11.3. The molecule has 2 heterocycles. The fraction of sp³-hybridized carbons (Fsp3) is 0.174. The standard InChI is InChI=1S/C23H19Cl2N3O2S2/c1-12(2)13-3-5-14(6-4-13)16-10-31-22-20(16)21(30)27-23(28-22)32-11-19(29)26-18-9-15(24)7-8-17(18)25/h3-10,12H,11H2,1-2H3,(H,26,29)(H,27,28,30). The van der Waals surface area contributed by atoms with E-state index in [0.717, 1.165) is 22.9 Å². The fourth-order valence-corrected chi connectivity index (χ4v) is 5.17. The molecule has 2 aromatic heterocycles. The van der Waals surface area contributed by atoms with Crippen molar-refractivity contribution in [2.24, 2.45) is 0 Å². The van der Waals surface area contributed by atoms with Gasteiger partial charge in [-0.2, -0.15) is 0 Å². The van der Waals surface area contributed by atoms with Crippen molar-refractivity contribution in [2.75, 3.05) is 11.1 Å². The van der Waals surface area contributed by atoms with Gasteiger partial charge in [0, 0.05) is 16.0 Å². The summed E-state index contributed by atoms with van der Waals surface area (Å²) >= 11 is 14.6. The summed E-state index contributed by atoms with van der Waals surface area (Å²) in [5.74, 6) is 0.227. The maximum atomic E-state index is 12.8. The molecule has 0 unspecified atom stereocenters. The molecule has 0 aliphatic carbocycles. The molecule has 0 radical (unpaired) electrons. The number of thiophene rings is 1. The molecule has 5 nitrogen and oxygen atoms in total. The predicted molar refractivity (Wildman–Crippen MR) is 136 cm³/mol. The van der Waals surface area contributed by atoms with E-state index in [1.54, 1.807) is 18.2 Å². The number of aromatic nitrogens is 2. The van der Waals surface area contributed by atoms with E-state index in [-0.39, 0.29) is 17.2 Å². The zero-order chi connectivity index (χ0) is 22.8. The minimum atomic E-state index is -0.279. The second-order valence-corrected chi connectivity index (χ2v) is 10.1. The van der Waals surface area contributed by atoms with Crippen LogP contribution in [0.1, 0.15) is 25.3 Å². The van der Waals surface area contributed by atoms with Crippen molar-refractivity contribution >= 4 is 68.1 Å². The first-order valence-electron chi connectivity index (χ1n) is 9.81. The summed E-state index contributed by atoms with van der Waals surface area (Å²) in [6.07, 6.45) is 0. The summed E-state index contributed by atoms with van der Waals surface area (Å²) in [6.45, 7) is 4.29. The topological polar surface area (TPSA) is 74.8 Å². The number of carbonyl (C=O) groups excluding carboxylic acids is 1. The van der Waals surface area contributed by atoms with Crippen molar-refractivity contribution in [1.82, 2.24) is 9.97 Å². The van der Waals surface area contributed by atoms with Crippen LogP contribution in [0.15, 0.2) is 57.8 Å². The highest BCUT2D eigenvalue weighted by Crippen LogP contribution is 2.32. The average molecular weight is 504 g/mol. The van der Waals surface area contributed by atoms with Gasteiger partial charge in [-0.25, -0.2) is 4.98 Å². The van der Waals surface area contributed by atoms with Gasteiger partial charge in [-0.1, -0.05) is 73.1 Å². The predicted octanol–water partition coefficient (Wildman–Crippen LogP) is 6.81. The molecule has 32 heavy (non-hydrogen) atoms. The first-order valence-corrected chi connectivity index (χ1v) is 12.4.